The normalized spacial score (nSPS) is 25.1. The first kappa shape index (κ1) is 15.3. The van der Waals surface area contributed by atoms with Gasteiger partial charge < -0.3 is 9.64 Å². The molecule has 1 aliphatic carbocycles. The Bertz CT molecular complexity index is 335. The van der Waals surface area contributed by atoms with Crippen LogP contribution in [0.15, 0.2) is 0 Å². The molecular weight excluding hydrogens is 254 g/mol. The van der Waals surface area contributed by atoms with E-state index in [4.69, 9.17) is 4.74 Å². The molecule has 1 amide bonds. The van der Waals surface area contributed by atoms with Crippen molar-refractivity contribution >= 4 is 11.9 Å². The van der Waals surface area contributed by atoms with Crippen molar-refractivity contribution in [2.24, 2.45) is 5.92 Å². The van der Waals surface area contributed by atoms with E-state index in [0.29, 0.717) is 12.3 Å². The molecule has 4 nitrogen and oxygen atoms in total. The third-order valence-corrected chi connectivity index (χ3v) is 4.74. The lowest BCUT2D eigenvalue weighted by Gasteiger charge is -2.37. The number of nitrogens with zero attached hydrogens (tertiary/aromatic N) is 1. The van der Waals surface area contributed by atoms with Crippen molar-refractivity contribution in [3.05, 3.63) is 0 Å². The van der Waals surface area contributed by atoms with Crippen LogP contribution in [0.3, 0.4) is 0 Å². The molecule has 2 fully saturated rings. The van der Waals surface area contributed by atoms with Gasteiger partial charge in [-0.3, -0.25) is 9.59 Å². The molecule has 1 saturated carbocycles. The summed E-state index contributed by atoms with van der Waals surface area (Å²) in [5.74, 6) is 0.284. The number of methoxy groups -OCH3 is 1. The summed E-state index contributed by atoms with van der Waals surface area (Å²) in [4.78, 5) is 26.3. The Balaban J connectivity index is 1.98. The number of ether oxygens (including phenoxy) is 1. The predicted octanol–water partition coefficient (Wildman–Crippen LogP) is 2.90. The zero-order chi connectivity index (χ0) is 14.4. The molecule has 0 spiro atoms. The molecule has 1 unspecified atom stereocenters. The van der Waals surface area contributed by atoms with Crippen molar-refractivity contribution in [2.75, 3.05) is 13.7 Å². The lowest BCUT2D eigenvalue weighted by Crippen LogP contribution is -2.47. The molecule has 2 rings (SSSR count). The summed E-state index contributed by atoms with van der Waals surface area (Å²) in [7, 11) is 1.42. The molecular formula is C16H27NO3. The van der Waals surface area contributed by atoms with Crippen molar-refractivity contribution < 1.29 is 14.3 Å². The number of hydrogen-bond donors (Lipinski definition) is 0. The Morgan fingerprint density at radius 1 is 1.00 bits per heavy atom. The zero-order valence-electron chi connectivity index (χ0n) is 12.6. The first-order valence-corrected chi connectivity index (χ1v) is 8.09. The number of amides is 1. The number of esters is 1. The standard InChI is InChI=1S/C16H27NO3/c1-20-15(18)12-14-10-6-7-11-17(14)16(19)13-8-4-2-3-5-9-13/h13-14H,2-12H2,1H3. The van der Waals surface area contributed by atoms with Crippen molar-refractivity contribution in [2.45, 2.75) is 70.3 Å². The summed E-state index contributed by atoms with van der Waals surface area (Å²) >= 11 is 0. The fraction of sp³-hybridized carbons (Fsp3) is 0.875. The minimum Gasteiger partial charge on any atom is -0.469 e. The first-order chi connectivity index (χ1) is 9.72. The number of hydrogen-bond acceptors (Lipinski definition) is 3. The topological polar surface area (TPSA) is 46.6 Å². The molecule has 1 atom stereocenters. The molecule has 0 N–H and O–H groups in total. The molecule has 2 aliphatic rings. The van der Waals surface area contributed by atoms with Crippen LogP contribution in [0.25, 0.3) is 0 Å². The van der Waals surface area contributed by atoms with Crippen LogP contribution in [-0.4, -0.2) is 36.5 Å². The average Bonchev–Trinajstić information content (AvgIpc) is 2.76. The van der Waals surface area contributed by atoms with E-state index in [1.54, 1.807) is 0 Å². The van der Waals surface area contributed by atoms with Crippen LogP contribution in [0.2, 0.25) is 0 Å². The van der Waals surface area contributed by atoms with Crippen LogP contribution in [0.4, 0.5) is 0 Å². The fourth-order valence-corrected chi connectivity index (χ4v) is 3.54. The van der Waals surface area contributed by atoms with Crippen molar-refractivity contribution in [1.82, 2.24) is 4.90 Å². The van der Waals surface area contributed by atoms with Crippen LogP contribution < -0.4 is 0 Å². The minimum atomic E-state index is -0.199. The third kappa shape index (κ3) is 3.97. The largest absolute Gasteiger partial charge is 0.469 e. The van der Waals surface area contributed by atoms with Crippen LogP contribution in [0.5, 0.6) is 0 Å². The highest BCUT2D eigenvalue weighted by Crippen LogP contribution is 2.28. The molecule has 4 heteroatoms. The van der Waals surface area contributed by atoms with Gasteiger partial charge in [0.1, 0.15) is 0 Å². The highest BCUT2D eigenvalue weighted by atomic mass is 16.5. The van der Waals surface area contributed by atoms with Gasteiger partial charge in [-0.1, -0.05) is 25.7 Å². The highest BCUT2D eigenvalue weighted by molar-refractivity contribution is 5.80. The minimum absolute atomic E-state index is 0.0620. The predicted molar refractivity (Wildman–Crippen MR) is 77.2 cm³/mol. The zero-order valence-corrected chi connectivity index (χ0v) is 12.6. The average molecular weight is 281 g/mol. The van der Waals surface area contributed by atoms with E-state index in [0.717, 1.165) is 38.6 Å². The number of carbonyl (C=O) groups is 2. The van der Waals surface area contributed by atoms with E-state index in [1.807, 2.05) is 4.90 Å². The second-order valence-corrected chi connectivity index (χ2v) is 6.15. The summed E-state index contributed by atoms with van der Waals surface area (Å²) in [6, 6.07) is 0.0620. The summed E-state index contributed by atoms with van der Waals surface area (Å²) in [6.45, 7) is 0.816. The SMILES string of the molecule is COC(=O)CC1CCCCN1C(=O)C1CCCCCC1. The Morgan fingerprint density at radius 2 is 1.65 bits per heavy atom. The summed E-state index contributed by atoms with van der Waals surface area (Å²) in [5.41, 5.74) is 0. The van der Waals surface area contributed by atoms with Crippen LogP contribution >= 0.6 is 0 Å². The van der Waals surface area contributed by atoms with Gasteiger partial charge >= 0.3 is 5.97 Å². The molecule has 0 aromatic rings. The Kier molecular flexibility index (Phi) is 5.86. The van der Waals surface area contributed by atoms with E-state index >= 15 is 0 Å². The van der Waals surface area contributed by atoms with Gasteiger partial charge in [-0.25, -0.2) is 0 Å². The second kappa shape index (κ2) is 7.65. The monoisotopic (exact) mass is 281 g/mol. The van der Waals surface area contributed by atoms with Gasteiger partial charge in [0.2, 0.25) is 5.91 Å². The lowest BCUT2D eigenvalue weighted by molar-refractivity contribution is -0.146. The van der Waals surface area contributed by atoms with Gasteiger partial charge in [0.25, 0.3) is 0 Å². The Hall–Kier alpha value is -1.06. The van der Waals surface area contributed by atoms with Gasteiger partial charge in [-0.2, -0.15) is 0 Å². The maximum atomic E-state index is 12.8. The van der Waals surface area contributed by atoms with Gasteiger partial charge in [-0.05, 0) is 32.1 Å². The molecule has 0 bridgehead atoms. The molecule has 20 heavy (non-hydrogen) atoms. The van der Waals surface area contributed by atoms with Gasteiger partial charge in [0.05, 0.1) is 13.5 Å². The Morgan fingerprint density at radius 3 is 2.30 bits per heavy atom. The molecule has 1 heterocycles. The molecule has 1 saturated heterocycles. The maximum Gasteiger partial charge on any atom is 0.307 e. The molecule has 1 aliphatic heterocycles. The van der Waals surface area contributed by atoms with Crippen molar-refractivity contribution in [3.63, 3.8) is 0 Å². The summed E-state index contributed by atoms with van der Waals surface area (Å²) in [5, 5.41) is 0. The van der Waals surface area contributed by atoms with Gasteiger partial charge in [0, 0.05) is 18.5 Å². The smallest absolute Gasteiger partial charge is 0.307 e. The first-order valence-electron chi connectivity index (χ1n) is 8.09. The summed E-state index contributed by atoms with van der Waals surface area (Å²) in [6.07, 6.45) is 10.4. The van der Waals surface area contributed by atoms with E-state index in [-0.39, 0.29) is 17.9 Å². The van der Waals surface area contributed by atoms with E-state index < -0.39 is 0 Å². The maximum absolute atomic E-state index is 12.8. The van der Waals surface area contributed by atoms with Crippen molar-refractivity contribution in [1.29, 1.82) is 0 Å². The van der Waals surface area contributed by atoms with Gasteiger partial charge in [0.15, 0.2) is 0 Å². The lowest BCUT2D eigenvalue weighted by atomic mass is 9.93. The Labute approximate surface area is 121 Å². The van der Waals surface area contributed by atoms with Crippen LogP contribution in [0, 0.1) is 5.92 Å². The molecule has 0 aromatic heterocycles. The number of piperidine rings is 1. The molecule has 0 radical (unpaired) electrons. The third-order valence-electron chi connectivity index (χ3n) is 4.74. The van der Waals surface area contributed by atoms with E-state index in [1.165, 1.54) is 32.8 Å². The quantitative estimate of drug-likeness (QED) is 0.590. The van der Waals surface area contributed by atoms with Gasteiger partial charge in [-0.15, -0.1) is 0 Å². The van der Waals surface area contributed by atoms with Crippen LogP contribution in [-0.2, 0) is 14.3 Å². The van der Waals surface area contributed by atoms with Crippen molar-refractivity contribution in [3.8, 4) is 0 Å². The fourth-order valence-electron chi connectivity index (χ4n) is 3.54. The second-order valence-electron chi connectivity index (χ2n) is 6.15. The highest BCUT2D eigenvalue weighted by Gasteiger charge is 2.32. The molecule has 114 valence electrons. The number of likely N-dealkylation sites (tertiary alicyclic amines) is 1. The van der Waals surface area contributed by atoms with E-state index in [9.17, 15) is 9.59 Å². The number of rotatable bonds is 3. The molecule has 0 aromatic carbocycles. The number of carbonyl (C=O) groups excluding carboxylic acids is 2. The van der Waals surface area contributed by atoms with Crippen LogP contribution in [0.1, 0.15) is 64.2 Å². The summed E-state index contributed by atoms with van der Waals surface area (Å²) < 4.78 is 4.77. The van der Waals surface area contributed by atoms with E-state index in [2.05, 4.69) is 0 Å².